The van der Waals surface area contributed by atoms with Crippen molar-refractivity contribution in [2.45, 2.75) is 13.5 Å². The molecule has 1 aliphatic heterocycles. The van der Waals surface area contributed by atoms with Crippen LogP contribution in [0.2, 0.25) is 0 Å². The number of halogens is 1. The monoisotopic (exact) mass is 368 g/mol. The second kappa shape index (κ2) is 7.88. The molecule has 1 aliphatic rings. The molecule has 1 amide bonds. The molecule has 2 heterocycles. The fraction of sp³-hybridized carbons (Fsp3) is 0.353. The Morgan fingerprint density at radius 3 is 2.83 bits per heavy atom. The summed E-state index contributed by atoms with van der Waals surface area (Å²) in [6, 6.07) is 8.26. The van der Waals surface area contributed by atoms with E-state index in [0.29, 0.717) is 25.4 Å². The lowest BCUT2D eigenvalue weighted by molar-refractivity contribution is -0.130. The Morgan fingerprint density at radius 1 is 1.42 bits per heavy atom. The Bertz CT molecular complexity index is 733. The van der Waals surface area contributed by atoms with Gasteiger partial charge in [-0.2, -0.15) is 0 Å². The van der Waals surface area contributed by atoms with Crippen LogP contribution in [0.1, 0.15) is 10.4 Å². The van der Waals surface area contributed by atoms with E-state index in [9.17, 15) is 4.79 Å². The van der Waals surface area contributed by atoms with Gasteiger partial charge < -0.3 is 20.1 Å². The van der Waals surface area contributed by atoms with E-state index < -0.39 is 0 Å². The van der Waals surface area contributed by atoms with Gasteiger partial charge in [-0.05, 0) is 36.8 Å². The average Bonchev–Trinajstić information content (AvgIpc) is 2.88. The normalized spacial score (nSPS) is 13.4. The Hall–Kier alpha value is -1.76. The van der Waals surface area contributed by atoms with Crippen LogP contribution in [0.25, 0.3) is 10.4 Å². The van der Waals surface area contributed by atoms with Crippen LogP contribution < -0.4 is 15.2 Å². The zero-order valence-corrected chi connectivity index (χ0v) is 15.3. The molecule has 2 aromatic rings. The highest BCUT2D eigenvalue weighted by Gasteiger charge is 2.23. The standard InChI is InChI=1S/C17H20N2O3S.ClH/c1-11-3-4-15(23-11)12-7-13-10-19(16(20)9-18)5-6-22-17(13)14(8-12)21-2;/h3-4,7-8H,5-6,9-10,18H2,1-2H3;1H. The molecular weight excluding hydrogens is 348 g/mol. The predicted octanol–water partition coefficient (Wildman–Crippen LogP) is 2.83. The molecule has 130 valence electrons. The number of thiophene rings is 1. The van der Waals surface area contributed by atoms with E-state index >= 15 is 0 Å². The fourth-order valence-electron chi connectivity index (χ4n) is 2.71. The first-order valence-corrected chi connectivity index (χ1v) is 8.32. The van der Waals surface area contributed by atoms with E-state index in [0.717, 1.165) is 16.9 Å². The molecule has 0 spiro atoms. The first-order valence-electron chi connectivity index (χ1n) is 7.50. The van der Waals surface area contributed by atoms with Crippen molar-refractivity contribution < 1.29 is 14.3 Å². The quantitative estimate of drug-likeness (QED) is 0.904. The van der Waals surface area contributed by atoms with Crippen LogP contribution in [0.3, 0.4) is 0 Å². The molecule has 0 unspecified atom stereocenters. The Labute approximate surface area is 151 Å². The summed E-state index contributed by atoms with van der Waals surface area (Å²) in [6.45, 7) is 3.55. The molecule has 7 heteroatoms. The largest absolute Gasteiger partial charge is 0.493 e. The van der Waals surface area contributed by atoms with Crippen molar-refractivity contribution in [3.05, 3.63) is 34.7 Å². The smallest absolute Gasteiger partial charge is 0.236 e. The van der Waals surface area contributed by atoms with Crippen LogP contribution in [0.5, 0.6) is 11.5 Å². The van der Waals surface area contributed by atoms with Gasteiger partial charge in [-0.1, -0.05) is 0 Å². The van der Waals surface area contributed by atoms with Gasteiger partial charge in [0.1, 0.15) is 6.61 Å². The molecule has 0 saturated heterocycles. The zero-order valence-electron chi connectivity index (χ0n) is 13.7. The van der Waals surface area contributed by atoms with E-state index in [4.69, 9.17) is 15.2 Å². The van der Waals surface area contributed by atoms with Crippen LogP contribution in [-0.4, -0.2) is 37.6 Å². The van der Waals surface area contributed by atoms with E-state index in [1.165, 1.54) is 9.75 Å². The topological polar surface area (TPSA) is 64.8 Å². The summed E-state index contributed by atoms with van der Waals surface area (Å²) in [5.41, 5.74) is 7.52. The van der Waals surface area contributed by atoms with E-state index in [2.05, 4.69) is 25.1 Å². The van der Waals surface area contributed by atoms with Crippen molar-refractivity contribution in [2.75, 3.05) is 26.8 Å². The Morgan fingerprint density at radius 2 is 2.21 bits per heavy atom. The van der Waals surface area contributed by atoms with Gasteiger partial charge in [-0.25, -0.2) is 0 Å². The number of methoxy groups -OCH3 is 1. The van der Waals surface area contributed by atoms with Gasteiger partial charge >= 0.3 is 0 Å². The van der Waals surface area contributed by atoms with Crippen molar-refractivity contribution in [3.8, 4) is 21.9 Å². The Kier molecular flexibility index (Phi) is 6.10. The van der Waals surface area contributed by atoms with Crippen LogP contribution in [0.15, 0.2) is 24.3 Å². The number of nitrogens with two attached hydrogens (primary N) is 1. The van der Waals surface area contributed by atoms with Crippen LogP contribution in [0.4, 0.5) is 0 Å². The molecule has 0 saturated carbocycles. The average molecular weight is 369 g/mol. The molecule has 0 bridgehead atoms. The summed E-state index contributed by atoms with van der Waals surface area (Å²) in [5, 5.41) is 0. The number of hydrogen-bond donors (Lipinski definition) is 1. The summed E-state index contributed by atoms with van der Waals surface area (Å²) in [7, 11) is 1.64. The molecule has 3 rings (SSSR count). The Balaban J connectivity index is 0.00000208. The number of fused-ring (bicyclic) bond motifs is 1. The molecular formula is C17H21ClN2O3S. The maximum absolute atomic E-state index is 12.0. The van der Waals surface area contributed by atoms with Crippen LogP contribution in [-0.2, 0) is 11.3 Å². The molecule has 0 fully saturated rings. The maximum Gasteiger partial charge on any atom is 0.236 e. The highest BCUT2D eigenvalue weighted by atomic mass is 35.5. The number of carbonyl (C=O) groups is 1. The first-order chi connectivity index (χ1) is 11.1. The SMILES string of the molecule is COc1cc(-c2ccc(C)s2)cc2c1OCCN(C(=O)CN)C2.Cl. The minimum Gasteiger partial charge on any atom is -0.493 e. The highest BCUT2D eigenvalue weighted by Crippen LogP contribution is 2.39. The molecule has 24 heavy (non-hydrogen) atoms. The highest BCUT2D eigenvalue weighted by molar-refractivity contribution is 7.15. The van der Waals surface area contributed by atoms with E-state index in [1.54, 1.807) is 23.3 Å². The van der Waals surface area contributed by atoms with Crippen molar-refractivity contribution in [2.24, 2.45) is 5.73 Å². The summed E-state index contributed by atoms with van der Waals surface area (Å²) < 4.78 is 11.3. The summed E-state index contributed by atoms with van der Waals surface area (Å²) in [5.74, 6) is 1.35. The number of aryl methyl sites for hydroxylation is 1. The van der Waals surface area contributed by atoms with Gasteiger partial charge in [-0.3, -0.25) is 4.79 Å². The van der Waals surface area contributed by atoms with E-state index in [1.807, 2.05) is 6.07 Å². The lowest BCUT2D eigenvalue weighted by Crippen LogP contribution is -2.36. The zero-order chi connectivity index (χ0) is 16.4. The number of carbonyl (C=O) groups excluding carboxylic acids is 1. The molecule has 1 aromatic heterocycles. The summed E-state index contributed by atoms with van der Waals surface area (Å²) in [6.07, 6.45) is 0. The number of benzene rings is 1. The third-order valence-corrected chi connectivity index (χ3v) is 4.92. The number of hydrogen-bond acceptors (Lipinski definition) is 5. The lowest BCUT2D eigenvalue weighted by Gasteiger charge is -2.19. The van der Waals surface area contributed by atoms with Crippen LogP contribution in [0, 0.1) is 6.92 Å². The lowest BCUT2D eigenvalue weighted by atomic mass is 10.1. The van der Waals surface area contributed by atoms with Crippen molar-refractivity contribution in [1.29, 1.82) is 0 Å². The molecule has 2 N–H and O–H groups in total. The van der Waals surface area contributed by atoms with Crippen LogP contribution >= 0.6 is 23.7 Å². The van der Waals surface area contributed by atoms with Gasteiger partial charge in [0.25, 0.3) is 0 Å². The van der Waals surface area contributed by atoms with Crippen molar-refractivity contribution >= 4 is 29.7 Å². The van der Waals surface area contributed by atoms with Gasteiger partial charge in [0.05, 0.1) is 20.2 Å². The second-order valence-electron chi connectivity index (χ2n) is 5.44. The number of nitrogens with zero attached hydrogens (tertiary/aromatic N) is 1. The van der Waals surface area contributed by atoms with Gasteiger partial charge in [-0.15, -0.1) is 23.7 Å². The number of ether oxygens (including phenoxy) is 2. The van der Waals surface area contributed by atoms with E-state index in [-0.39, 0.29) is 24.9 Å². The summed E-state index contributed by atoms with van der Waals surface area (Å²) >= 11 is 1.73. The molecule has 1 aromatic carbocycles. The minimum absolute atomic E-state index is 0. The third kappa shape index (κ3) is 3.66. The minimum atomic E-state index is -0.0715. The summed E-state index contributed by atoms with van der Waals surface area (Å²) in [4.78, 5) is 16.1. The van der Waals surface area contributed by atoms with Gasteiger partial charge in [0.15, 0.2) is 11.5 Å². The fourth-order valence-corrected chi connectivity index (χ4v) is 3.56. The maximum atomic E-state index is 12.0. The number of amides is 1. The van der Waals surface area contributed by atoms with Gasteiger partial charge in [0, 0.05) is 21.9 Å². The first kappa shape index (κ1) is 18.6. The predicted molar refractivity (Wildman–Crippen MR) is 98.3 cm³/mol. The molecule has 0 aliphatic carbocycles. The van der Waals surface area contributed by atoms with Crippen molar-refractivity contribution in [3.63, 3.8) is 0 Å². The number of rotatable bonds is 3. The van der Waals surface area contributed by atoms with Gasteiger partial charge in [0.2, 0.25) is 5.91 Å². The molecule has 0 radical (unpaired) electrons. The molecule has 0 atom stereocenters. The van der Waals surface area contributed by atoms with Crippen molar-refractivity contribution in [1.82, 2.24) is 4.90 Å². The third-order valence-electron chi connectivity index (χ3n) is 3.87. The molecule has 5 nitrogen and oxygen atoms in total. The second-order valence-corrected chi connectivity index (χ2v) is 6.73.